The fourth-order valence-corrected chi connectivity index (χ4v) is 1.65. The van der Waals surface area contributed by atoms with Crippen molar-refractivity contribution >= 4 is 11.8 Å². The molecule has 18 heavy (non-hydrogen) atoms. The molecule has 6 heteroatoms. The van der Waals surface area contributed by atoms with Gasteiger partial charge in [-0.25, -0.2) is 9.78 Å². The first kappa shape index (κ1) is 12.2. The van der Waals surface area contributed by atoms with Crippen molar-refractivity contribution in [2.24, 2.45) is 7.05 Å². The van der Waals surface area contributed by atoms with E-state index >= 15 is 0 Å². The Morgan fingerprint density at radius 2 is 2.44 bits per heavy atom. The predicted molar refractivity (Wildman–Crippen MR) is 70.1 cm³/mol. The summed E-state index contributed by atoms with van der Waals surface area (Å²) in [6, 6.07) is 0.0317. The average Bonchev–Trinajstić information content (AvgIpc) is 2.72. The van der Waals surface area contributed by atoms with Crippen LogP contribution in [0.4, 0.5) is 10.6 Å². The van der Waals surface area contributed by atoms with Gasteiger partial charge in [-0.3, -0.25) is 5.32 Å². The van der Waals surface area contributed by atoms with Crippen molar-refractivity contribution < 1.29 is 4.79 Å². The van der Waals surface area contributed by atoms with Gasteiger partial charge in [-0.05, 0) is 13.0 Å². The smallest absolute Gasteiger partial charge is 0.320 e. The van der Waals surface area contributed by atoms with Crippen LogP contribution in [0.1, 0.15) is 6.92 Å². The van der Waals surface area contributed by atoms with E-state index in [1.165, 1.54) is 0 Å². The van der Waals surface area contributed by atoms with Crippen molar-refractivity contribution in [3.63, 3.8) is 0 Å². The van der Waals surface area contributed by atoms with Crippen LogP contribution in [0.15, 0.2) is 36.4 Å². The molecule has 0 fully saturated rings. The monoisotopic (exact) mass is 247 g/mol. The van der Waals surface area contributed by atoms with Gasteiger partial charge in [0.05, 0.1) is 12.9 Å². The van der Waals surface area contributed by atoms with Crippen LogP contribution in [-0.4, -0.2) is 28.2 Å². The van der Waals surface area contributed by atoms with Crippen molar-refractivity contribution in [2.45, 2.75) is 13.0 Å². The molecule has 1 aromatic rings. The fraction of sp³-hybridized carbons (Fsp3) is 0.333. The number of allylic oxidation sites excluding steroid dienone is 2. The Morgan fingerprint density at radius 1 is 1.61 bits per heavy atom. The number of anilines is 1. The number of aromatic nitrogens is 2. The highest BCUT2D eigenvalue weighted by molar-refractivity contribution is 5.88. The molecular formula is C12H17N5O. The van der Waals surface area contributed by atoms with Crippen molar-refractivity contribution in [3.8, 4) is 0 Å². The Kier molecular flexibility index (Phi) is 3.66. The molecule has 0 aliphatic carbocycles. The lowest BCUT2D eigenvalue weighted by Crippen LogP contribution is -2.36. The molecule has 0 spiro atoms. The Labute approximate surface area is 106 Å². The van der Waals surface area contributed by atoms with E-state index in [-0.39, 0.29) is 6.03 Å². The number of rotatable bonds is 3. The predicted octanol–water partition coefficient (Wildman–Crippen LogP) is 0.973. The highest BCUT2D eigenvalue weighted by Gasteiger charge is 2.07. The van der Waals surface area contributed by atoms with Gasteiger partial charge in [-0.2, -0.15) is 0 Å². The number of nitrogens with zero attached hydrogens (tertiary/aromatic N) is 2. The van der Waals surface area contributed by atoms with Crippen LogP contribution < -0.4 is 16.0 Å². The van der Waals surface area contributed by atoms with Gasteiger partial charge >= 0.3 is 6.03 Å². The third-order valence-electron chi connectivity index (χ3n) is 2.50. The van der Waals surface area contributed by atoms with Crippen LogP contribution in [0, 0.1) is 0 Å². The van der Waals surface area contributed by atoms with E-state index in [2.05, 4.69) is 33.9 Å². The Hall–Kier alpha value is -2.24. The summed E-state index contributed by atoms with van der Waals surface area (Å²) in [7, 11) is 1.85. The van der Waals surface area contributed by atoms with Crippen molar-refractivity contribution in [3.05, 3.63) is 36.4 Å². The molecule has 2 rings (SSSR count). The number of amides is 2. The molecular weight excluding hydrogens is 230 g/mol. The summed E-state index contributed by atoms with van der Waals surface area (Å²) in [5.41, 5.74) is 0.987. The van der Waals surface area contributed by atoms with Crippen LogP contribution in [0.3, 0.4) is 0 Å². The quantitative estimate of drug-likeness (QED) is 0.745. The SMILES string of the molecule is CC1C=CC=C(CNC(=O)Nc2cn(C)cn2)N1. The van der Waals surface area contributed by atoms with E-state index in [1.807, 2.05) is 19.2 Å². The highest BCUT2D eigenvalue weighted by Crippen LogP contribution is 2.02. The second-order valence-electron chi connectivity index (χ2n) is 4.24. The first-order valence-corrected chi connectivity index (χ1v) is 5.80. The van der Waals surface area contributed by atoms with Gasteiger partial charge in [0.15, 0.2) is 5.82 Å². The first-order chi connectivity index (χ1) is 8.63. The summed E-state index contributed by atoms with van der Waals surface area (Å²) >= 11 is 0. The lowest BCUT2D eigenvalue weighted by atomic mass is 10.2. The van der Waals surface area contributed by atoms with Crippen LogP contribution in [0.25, 0.3) is 0 Å². The number of aryl methyl sites for hydroxylation is 1. The van der Waals surface area contributed by atoms with Gasteiger partial charge in [0, 0.05) is 25.0 Å². The van der Waals surface area contributed by atoms with Crippen LogP contribution >= 0.6 is 0 Å². The zero-order valence-electron chi connectivity index (χ0n) is 10.5. The van der Waals surface area contributed by atoms with E-state index in [4.69, 9.17) is 0 Å². The molecule has 96 valence electrons. The summed E-state index contributed by atoms with van der Waals surface area (Å²) in [5, 5.41) is 8.68. The average molecular weight is 247 g/mol. The molecule has 1 atom stereocenters. The molecule has 1 aliphatic rings. The minimum Gasteiger partial charge on any atom is -0.381 e. The number of nitrogens with one attached hydrogen (secondary N) is 3. The molecule has 2 amide bonds. The number of carbonyl (C=O) groups excluding carboxylic acids is 1. The Bertz CT molecular complexity index is 488. The topological polar surface area (TPSA) is 71.0 Å². The standard InChI is InChI=1S/C12H17N5O/c1-9-4-3-5-10(15-9)6-13-12(18)16-11-7-17(2)8-14-11/h3-5,7-9,15H,6H2,1-2H3,(H2,13,16,18). The van der Waals surface area contributed by atoms with Crippen molar-refractivity contribution in [1.29, 1.82) is 0 Å². The van der Waals surface area contributed by atoms with Crippen LogP contribution in [0.2, 0.25) is 0 Å². The van der Waals surface area contributed by atoms with E-state index in [9.17, 15) is 4.79 Å². The Balaban J connectivity index is 1.78. The van der Waals surface area contributed by atoms with Crippen molar-refractivity contribution in [2.75, 3.05) is 11.9 Å². The largest absolute Gasteiger partial charge is 0.381 e. The zero-order chi connectivity index (χ0) is 13.0. The summed E-state index contributed by atoms with van der Waals surface area (Å²) < 4.78 is 1.77. The number of hydrogen-bond acceptors (Lipinski definition) is 3. The second-order valence-corrected chi connectivity index (χ2v) is 4.24. The van der Waals surface area contributed by atoms with Gasteiger partial charge in [0.25, 0.3) is 0 Å². The number of hydrogen-bond donors (Lipinski definition) is 3. The molecule has 0 aromatic carbocycles. The zero-order valence-corrected chi connectivity index (χ0v) is 10.5. The van der Waals surface area contributed by atoms with Crippen molar-refractivity contribution in [1.82, 2.24) is 20.2 Å². The molecule has 0 saturated heterocycles. The summed E-state index contributed by atoms with van der Waals surface area (Å²) in [6.45, 7) is 2.52. The van der Waals surface area contributed by atoms with Gasteiger partial charge in [-0.1, -0.05) is 12.2 Å². The fourth-order valence-electron chi connectivity index (χ4n) is 1.65. The van der Waals surface area contributed by atoms with Crippen LogP contribution in [-0.2, 0) is 7.05 Å². The minimum atomic E-state index is -0.265. The minimum absolute atomic E-state index is 0.265. The van der Waals surface area contributed by atoms with Gasteiger partial charge < -0.3 is 15.2 Å². The summed E-state index contributed by atoms with van der Waals surface area (Å²) in [4.78, 5) is 15.6. The number of dihydropyridines is 1. The maximum Gasteiger partial charge on any atom is 0.320 e. The summed E-state index contributed by atoms with van der Waals surface area (Å²) in [5.74, 6) is 0.536. The third kappa shape index (κ3) is 3.38. The Morgan fingerprint density at radius 3 is 3.11 bits per heavy atom. The van der Waals surface area contributed by atoms with E-state index in [1.54, 1.807) is 17.1 Å². The van der Waals surface area contributed by atoms with Gasteiger partial charge in [-0.15, -0.1) is 0 Å². The molecule has 3 N–H and O–H groups in total. The number of urea groups is 1. The first-order valence-electron chi connectivity index (χ1n) is 5.80. The molecule has 1 aromatic heterocycles. The maximum atomic E-state index is 11.6. The number of imidazole rings is 1. The highest BCUT2D eigenvalue weighted by atomic mass is 16.2. The lowest BCUT2D eigenvalue weighted by Gasteiger charge is -2.18. The molecule has 0 bridgehead atoms. The van der Waals surface area contributed by atoms with Crippen LogP contribution in [0.5, 0.6) is 0 Å². The van der Waals surface area contributed by atoms with E-state index in [0.29, 0.717) is 18.4 Å². The number of carbonyl (C=O) groups is 1. The molecule has 6 nitrogen and oxygen atoms in total. The third-order valence-corrected chi connectivity index (χ3v) is 2.50. The van der Waals surface area contributed by atoms with E-state index in [0.717, 1.165) is 5.70 Å². The molecule has 1 unspecified atom stereocenters. The van der Waals surface area contributed by atoms with Gasteiger partial charge in [0.2, 0.25) is 0 Å². The van der Waals surface area contributed by atoms with Gasteiger partial charge in [0.1, 0.15) is 0 Å². The lowest BCUT2D eigenvalue weighted by molar-refractivity contribution is 0.252. The molecule has 1 aliphatic heterocycles. The molecule has 0 radical (unpaired) electrons. The maximum absolute atomic E-state index is 11.6. The second kappa shape index (κ2) is 5.39. The summed E-state index contributed by atoms with van der Waals surface area (Å²) in [6.07, 6.45) is 9.35. The normalized spacial score (nSPS) is 17.9. The molecule has 2 heterocycles. The molecule has 0 saturated carbocycles. The van der Waals surface area contributed by atoms with E-state index < -0.39 is 0 Å².